The highest BCUT2D eigenvalue weighted by atomic mass is 16.5. The van der Waals surface area contributed by atoms with Crippen LogP contribution in [-0.4, -0.2) is 9.55 Å². The van der Waals surface area contributed by atoms with Crippen LogP contribution < -0.4 is 4.74 Å². The minimum Gasteiger partial charge on any atom is -0.456 e. The Morgan fingerprint density at radius 1 is 0.471 bits per heavy atom. The first-order chi connectivity index (χ1) is 25.3. The van der Waals surface area contributed by atoms with Gasteiger partial charge in [0.1, 0.15) is 17.3 Å². The average molecular weight is 651 g/mol. The summed E-state index contributed by atoms with van der Waals surface area (Å²) in [5, 5.41) is 2.26. The maximum Gasteiger partial charge on any atom is 0.145 e. The molecule has 238 valence electrons. The highest BCUT2D eigenvalue weighted by molar-refractivity contribution is 5.98. The first-order valence-corrected chi connectivity index (χ1v) is 17.5. The van der Waals surface area contributed by atoms with Crippen molar-refractivity contribution in [3.05, 3.63) is 204 Å². The molecule has 1 aliphatic carbocycles. The van der Waals surface area contributed by atoms with Crippen LogP contribution in [0.25, 0.3) is 61.1 Å². The van der Waals surface area contributed by atoms with E-state index in [1.54, 1.807) is 0 Å². The number of ether oxygens (including phenoxy) is 1. The van der Waals surface area contributed by atoms with E-state index in [1.165, 1.54) is 33.4 Å². The fourth-order valence-electron chi connectivity index (χ4n) is 8.78. The van der Waals surface area contributed by atoms with Crippen molar-refractivity contribution in [3.63, 3.8) is 0 Å². The molecule has 0 N–H and O–H groups in total. The number of aromatic nitrogens is 2. The summed E-state index contributed by atoms with van der Waals surface area (Å²) in [5.41, 5.74) is 13.0. The summed E-state index contributed by atoms with van der Waals surface area (Å²) in [6, 6.07) is 65.5. The van der Waals surface area contributed by atoms with Gasteiger partial charge in [-0.05, 0) is 75.2 Å². The Morgan fingerprint density at radius 3 is 2.00 bits per heavy atom. The van der Waals surface area contributed by atoms with Crippen LogP contribution in [0.2, 0.25) is 0 Å². The second kappa shape index (κ2) is 10.6. The summed E-state index contributed by atoms with van der Waals surface area (Å²) in [4.78, 5) is 5.32. The summed E-state index contributed by atoms with van der Waals surface area (Å²) < 4.78 is 9.27. The standard InChI is InChI=1S/C48H30N2O/c1-2-15-33(16-3-1)50-44-24-12-11-23-43(44)49-47(50)32-26-28-38-36-19-7-6-18-35(36)37-20-8-9-21-39(37)48(42(38)30-32)40-22-10-13-25-45(40)51-46-34-17-5-4-14-31(34)27-29-41(46)48/h1-30H. The third kappa shape index (κ3) is 3.86. The number of imidazole rings is 1. The molecule has 0 fully saturated rings. The molecule has 51 heavy (non-hydrogen) atoms. The molecule has 0 bridgehead atoms. The minimum atomic E-state index is -0.710. The van der Waals surface area contributed by atoms with Gasteiger partial charge in [0.25, 0.3) is 0 Å². The van der Waals surface area contributed by atoms with E-state index in [4.69, 9.17) is 9.72 Å². The van der Waals surface area contributed by atoms with Gasteiger partial charge in [-0.15, -0.1) is 0 Å². The molecular formula is C48H30N2O. The van der Waals surface area contributed by atoms with Crippen molar-refractivity contribution in [1.82, 2.24) is 9.55 Å². The molecule has 1 unspecified atom stereocenters. The molecule has 11 rings (SSSR count). The van der Waals surface area contributed by atoms with Crippen molar-refractivity contribution in [2.45, 2.75) is 5.41 Å². The molecule has 1 aliphatic heterocycles. The molecule has 1 aromatic heterocycles. The molecule has 2 aliphatic rings. The largest absolute Gasteiger partial charge is 0.456 e. The van der Waals surface area contributed by atoms with Gasteiger partial charge in [0.2, 0.25) is 0 Å². The molecule has 9 aromatic rings. The topological polar surface area (TPSA) is 27.1 Å². The minimum absolute atomic E-state index is 0.710. The molecule has 1 atom stereocenters. The van der Waals surface area contributed by atoms with Crippen LogP contribution in [0.5, 0.6) is 11.5 Å². The summed E-state index contributed by atoms with van der Waals surface area (Å²) >= 11 is 0. The van der Waals surface area contributed by atoms with Crippen LogP contribution in [-0.2, 0) is 5.41 Å². The summed E-state index contributed by atoms with van der Waals surface area (Å²) in [7, 11) is 0. The van der Waals surface area contributed by atoms with Crippen molar-refractivity contribution in [2.24, 2.45) is 0 Å². The molecule has 0 amide bonds. The van der Waals surface area contributed by atoms with Crippen LogP contribution in [0, 0.1) is 0 Å². The van der Waals surface area contributed by atoms with Crippen LogP contribution >= 0.6 is 0 Å². The zero-order chi connectivity index (χ0) is 33.5. The van der Waals surface area contributed by atoms with Gasteiger partial charge in [0.05, 0.1) is 16.4 Å². The highest BCUT2D eigenvalue weighted by Crippen LogP contribution is 2.62. The zero-order valence-corrected chi connectivity index (χ0v) is 27.6. The normalized spacial score (nSPS) is 15.3. The highest BCUT2D eigenvalue weighted by Gasteiger charge is 2.49. The third-order valence-electron chi connectivity index (χ3n) is 10.9. The molecule has 3 heteroatoms. The Hall–Kier alpha value is -6.71. The first-order valence-electron chi connectivity index (χ1n) is 17.5. The van der Waals surface area contributed by atoms with Gasteiger partial charge in [-0.1, -0.05) is 146 Å². The number of para-hydroxylation sites is 4. The lowest BCUT2D eigenvalue weighted by atomic mass is 9.61. The Balaban J connectivity index is 1.33. The van der Waals surface area contributed by atoms with Gasteiger partial charge in [-0.25, -0.2) is 4.98 Å². The van der Waals surface area contributed by atoms with Crippen molar-refractivity contribution in [2.75, 3.05) is 0 Å². The molecule has 0 saturated carbocycles. The predicted octanol–water partition coefficient (Wildman–Crippen LogP) is 12.0. The predicted molar refractivity (Wildman–Crippen MR) is 207 cm³/mol. The monoisotopic (exact) mass is 650 g/mol. The number of fused-ring (bicyclic) bond motifs is 14. The smallest absolute Gasteiger partial charge is 0.145 e. The average Bonchev–Trinajstić information content (AvgIpc) is 3.56. The molecule has 1 spiro atoms. The Kier molecular flexibility index (Phi) is 5.88. The van der Waals surface area contributed by atoms with Gasteiger partial charge < -0.3 is 4.74 Å². The van der Waals surface area contributed by atoms with Crippen molar-refractivity contribution >= 4 is 21.8 Å². The van der Waals surface area contributed by atoms with Crippen LogP contribution in [0.15, 0.2) is 182 Å². The van der Waals surface area contributed by atoms with E-state index in [1.807, 2.05) is 0 Å². The van der Waals surface area contributed by atoms with E-state index in [0.717, 1.165) is 61.5 Å². The van der Waals surface area contributed by atoms with Gasteiger partial charge in [0.15, 0.2) is 0 Å². The first kappa shape index (κ1) is 28.2. The molecule has 0 saturated heterocycles. The number of rotatable bonds is 2. The molecule has 2 heterocycles. The van der Waals surface area contributed by atoms with Crippen LogP contribution in [0.1, 0.15) is 22.3 Å². The number of hydrogen-bond donors (Lipinski definition) is 0. The van der Waals surface area contributed by atoms with E-state index in [2.05, 4.69) is 187 Å². The zero-order valence-electron chi connectivity index (χ0n) is 27.6. The fraction of sp³-hybridized carbons (Fsp3) is 0.0208. The Bertz CT molecular complexity index is 2850. The summed E-state index contributed by atoms with van der Waals surface area (Å²) in [6.45, 7) is 0. The molecular weight excluding hydrogens is 621 g/mol. The van der Waals surface area contributed by atoms with E-state index in [9.17, 15) is 0 Å². The van der Waals surface area contributed by atoms with Crippen molar-refractivity contribution in [1.29, 1.82) is 0 Å². The van der Waals surface area contributed by atoms with Crippen molar-refractivity contribution < 1.29 is 4.74 Å². The Labute approximate surface area is 295 Å². The second-order valence-electron chi connectivity index (χ2n) is 13.5. The van der Waals surface area contributed by atoms with Crippen LogP contribution in [0.3, 0.4) is 0 Å². The van der Waals surface area contributed by atoms with E-state index >= 15 is 0 Å². The Morgan fingerprint density at radius 2 is 1.14 bits per heavy atom. The number of benzene rings is 8. The molecule has 0 radical (unpaired) electrons. The molecule has 8 aromatic carbocycles. The van der Waals surface area contributed by atoms with Gasteiger partial charge in [0, 0.05) is 27.8 Å². The quantitative estimate of drug-likeness (QED) is 0.186. The lowest BCUT2D eigenvalue weighted by Crippen LogP contribution is -2.35. The van der Waals surface area contributed by atoms with Gasteiger partial charge in [-0.2, -0.15) is 0 Å². The maximum absolute atomic E-state index is 6.98. The SMILES string of the molecule is c1ccc(-n2c(-c3ccc4c(c3)C3(c5ccccc5Oc5c3ccc3ccccc53)c3ccccc3-c3ccccc3-4)nc3ccccc32)cc1. The van der Waals surface area contributed by atoms with E-state index in [-0.39, 0.29) is 0 Å². The third-order valence-corrected chi connectivity index (χ3v) is 10.9. The fourth-order valence-corrected chi connectivity index (χ4v) is 8.78. The number of hydrogen-bond acceptors (Lipinski definition) is 2. The van der Waals surface area contributed by atoms with Gasteiger partial charge >= 0.3 is 0 Å². The van der Waals surface area contributed by atoms with Crippen LogP contribution in [0.4, 0.5) is 0 Å². The van der Waals surface area contributed by atoms with E-state index < -0.39 is 5.41 Å². The van der Waals surface area contributed by atoms with Gasteiger partial charge in [-0.3, -0.25) is 4.57 Å². The lowest BCUT2D eigenvalue weighted by molar-refractivity contribution is 0.440. The van der Waals surface area contributed by atoms with E-state index in [0.29, 0.717) is 0 Å². The maximum atomic E-state index is 6.98. The summed E-state index contributed by atoms with van der Waals surface area (Å²) in [5.74, 6) is 2.68. The second-order valence-corrected chi connectivity index (χ2v) is 13.5. The lowest BCUT2D eigenvalue weighted by Gasteiger charge is -2.43. The molecule has 3 nitrogen and oxygen atoms in total. The van der Waals surface area contributed by atoms with Crippen molar-refractivity contribution in [3.8, 4) is 50.8 Å². The number of nitrogens with zero attached hydrogens (tertiary/aromatic N) is 2. The summed E-state index contributed by atoms with van der Waals surface area (Å²) in [6.07, 6.45) is 0.